The molecule has 108 valence electrons. The number of nitrogens with one attached hydrogen (secondary N) is 1. The highest BCUT2D eigenvalue weighted by Crippen LogP contribution is 2.18. The summed E-state index contributed by atoms with van der Waals surface area (Å²) in [4.78, 5) is 11.6. The molecule has 0 saturated carbocycles. The lowest BCUT2D eigenvalue weighted by atomic mass is 10.1. The minimum Gasteiger partial charge on any atom is -0.466 e. The molecule has 0 saturated heterocycles. The number of carbonyl (C=O) groups is 1. The van der Waals surface area contributed by atoms with Crippen molar-refractivity contribution in [2.45, 2.75) is 52.6 Å². The lowest BCUT2D eigenvalue weighted by Gasteiger charge is -2.16. The van der Waals surface area contributed by atoms with Crippen molar-refractivity contribution >= 4 is 5.97 Å². The first-order chi connectivity index (χ1) is 9.08. The molecule has 19 heavy (non-hydrogen) atoms. The zero-order valence-corrected chi connectivity index (χ0v) is 12.3. The van der Waals surface area contributed by atoms with Crippen LogP contribution < -0.4 is 5.32 Å². The molecule has 0 aliphatic rings. The highest BCUT2D eigenvalue weighted by Gasteiger charge is 2.18. The summed E-state index contributed by atoms with van der Waals surface area (Å²) in [7, 11) is 0. The molecular weight excluding hydrogens is 242 g/mol. The second-order valence-corrected chi connectivity index (χ2v) is 4.86. The van der Waals surface area contributed by atoms with E-state index in [0.717, 1.165) is 18.5 Å². The van der Waals surface area contributed by atoms with E-state index >= 15 is 0 Å². The van der Waals surface area contributed by atoms with Crippen LogP contribution in [-0.4, -0.2) is 28.9 Å². The highest BCUT2D eigenvalue weighted by molar-refractivity contribution is 5.70. The van der Waals surface area contributed by atoms with E-state index < -0.39 is 0 Å². The zero-order valence-electron chi connectivity index (χ0n) is 12.3. The summed E-state index contributed by atoms with van der Waals surface area (Å²) in [5.41, 5.74) is 1.04. The van der Waals surface area contributed by atoms with Gasteiger partial charge < -0.3 is 10.1 Å². The third-order valence-corrected chi connectivity index (χ3v) is 2.87. The minimum absolute atomic E-state index is 0.0218. The Hall–Kier alpha value is -1.36. The third-order valence-electron chi connectivity index (χ3n) is 2.87. The average molecular weight is 267 g/mol. The standard InChI is InChI=1S/C14H25N3O2/c1-5-7-15-13(8-14(18)19-6-2)12-9-16-17(10-12)11(3)4/h9-11,13,15H,5-8H2,1-4H3. The summed E-state index contributed by atoms with van der Waals surface area (Å²) in [6.07, 6.45) is 5.19. The number of ether oxygens (including phenoxy) is 1. The molecule has 0 fully saturated rings. The average Bonchev–Trinajstić information content (AvgIpc) is 2.84. The number of nitrogens with zero attached hydrogens (tertiary/aromatic N) is 2. The van der Waals surface area contributed by atoms with Crippen molar-refractivity contribution in [1.82, 2.24) is 15.1 Å². The molecule has 0 amide bonds. The molecule has 0 bridgehead atoms. The number of hydrogen-bond donors (Lipinski definition) is 1. The Kier molecular flexibility index (Phi) is 6.56. The molecule has 1 unspecified atom stereocenters. The third kappa shape index (κ3) is 5.03. The van der Waals surface area contributed by atoms with Crippen molar-refractivity contribution in [2.75, 3.05) is 13.2 Å². The molecule has 5 heteroatoms. The monoisotopic (exact) mass is 267 g/mol. The number of rotatable bonds is 8. The quantitative estimate of drug-likeness (QED) is 0.735. The fourth-order valence-electron chi connectivity index (χ4n) is 1.83. The van der Waals surface area contributed by atoms with Gasteiger partial charge in [-0.15, -0.1) is 0 Å². The van der Waals surface area contributed by atoms with E-state index in [1.807, 2.05) is 24.0 Å². The Morgan fingerprint density at radius 1 is 1.47 bits per heavy atom. The molecule has 0 aromatic carbocycles. The van der Waals surface area contributed by atoms with E-state index in [2.05, 4.69) is 31.2 Å². The molecule has 1 atom stereocenters. The number of esters is 1. The topological polar surface area (TPSA) is 56.1 Å². The summed E-state index contributed by atoms with van der Waals surface area (Å²) in [6.45, 7) is 9.38. The van der Waals surface area contributed by atoms with Gasteiger partial charge in [0.15, 0.2) is 0 Å². The van der Waals surface area contributed by atoms with Crippen molar-refractivity contribution in [3.05, 3.63) is 18.0 Å². The van der Waals surface area contributed by atoms with Crippen molar-refractivity contribution in [1.29, 1.82) is 0 Å². The van der Waals surface area contributed by atoms with Gasteiger partial charge in [0.1, 0.15) is 0 Å². The molecule has 1 aromatic heterocycles. The Balaban J connectivity index is 2.73. The second kappa shape index (κ2) is 7.94. The van der Waals surface area contributed by atoms with Gasteiger partial charge in [0.25, 0.3) is 0 Å². The maximum absolute atomic E-state index is 11.6. The molecule has 0 radical (unpaired) electrons. The predicted molar refractivity (Wildman–Crippen MR) is 74.9 cm³/mol. The van der Waals surface area contributed by atoms with E-state index in [-0.39, 0.29) is 12.0 Å². The van der Waals surface area contributed by atoms with Gasteiger partial charge >= 0.3 is 5.97 Å². The first kappa shape index (κ1) is 15.7. The van der Waals surface area contributed by atoms with Crippen LogP contribution in [-0.2, 0) is 9.53 Å². The normalized spacial score (nSPS) is 12.7. The smallest absolute Gasteiger partial charge is 0.307 e. The lowest BCUT2D eigenvalue weighted by Crippen LogP contribution is -2.25. The molecule has 1 N–H and O–H groups in total. The van der Waals surface area contributed by atoms with Gasteiger partial charge in [-0.05, 0) is 33.7 Å². The molecule has 0 aliphatic heterocycles. The Labute approximate surface area is 115 Å². The van der Waals surface area contributed by atoms with Crippen molar-refractivity contribution < 1.29 is 9.53 Å². The van der Waals surface area contributed by atoms with Crippen LogP contribution in [0.1, 0.15) is 58.2 Å². The van der Waals surface area contributed by atoms with Gasteiger partial charge in [-0.25, -0.2) is 0 Å². The van der Waals surface area contributed by atoms with E-state index in [1.165, 1.54) is 0 Å². The highest BCUT2D eigenvalue weighted by atomic mass is 16.5. The van der Waals surface area contributed by atoms with Gasteiger partial charge in [-0.2, -0.15) is 5.10 Å². The van der Waals surface area contributed by atoms with Crippen LogP contribution in [0.3, 0.4) is 0 Å². The van der Waals surface area contributed by atoms with E-state index in [1.54, 1.807) is 0 Å². The molecule has 1 aromatic rings. The molecule has 1 rings (SSSR count). The van der Waals surface area contributed by atoms with Crippen LogP contribution in [0, 0.1) is 0 Å². The van der Waals surface area contributed by atoms with Gasteiger partial charge in [-0.3, -0.25) is 9.48 Å². The van der Waals surface area contributed by atoms with Crippen molar-refractivity contribution in [3.63, 3.8) is 0 Å². The summed E-state index contributed by atoms with van der Waals surface area (Å²) in [5, 5.41) is 7.70. The molecule has 5 nitrogen and oxygen atoms in total. The first-order valence-corrected chi connectivity index (χ1v) is 7.01. The molecule has 0 spiro atoms. The van der Waals surface area contributed by atoms with Crippen LogP contribution >= 0.6 is 0 Å². The molecule has 0 aliphatic carbocycles. The number of aromatic nitrogens is 2. The Morgan fingerprint density at radius 3 is 2.74 bits per heavy atom. The van der Waals surface area contributed by atoms with Crippen LogP contribution in [0.4, 0.5) is 0 Å². The number of hydrogen-bond acceptors (Lipinski definition) is 4. The molecule has 1 heterocycles. The number of carbonyl (C=O) groups excluding carboxylic acids is 1. The van der Waals surface area contributed by atoms with Crippen LogP contribution in [0.5, 0.6) is 0 Å². The Bertz CT molecular complexity index is 388. The Morgan fingerprint density at radius 2 is 2.21 bits per heavy atom. The van der Waals surface area contributed by atoms with Gasteiger partial charge in [0, 0.05) is 23.8 Å². The fraction of sp³-hybridized carbons (Fsp3) is 0.714. The summed E-state index contributed by atoms with van der Waals surface area (Å²) in [5.74, 6) is -0.173. The lowest BCUT2D eigenvalue weighted by molar-refractivity contribution is -0.143. The first-order valence-electron chi connectivity index (χ1n) is 7.01. The van der Waals surface area contributed by atoms with E-state index in [9.17, 15) is 4.79 Å². The van der Waals surface area contributed by atoms with Crippen molar-refractivity contribution in [3.8, 4) is 0 Å². The fourth-order valence-corrected chi connectivity index (χ4v) is 1.83. The zero-order chi connectivity index (χ0) is 14.3. The van der Waals surface area contributed by atoms with Gasteiger partial charge in [-0.1, -0.05) is 6.92 Å². The SMILES string of the molecule is CCCNC(CC(=O)OCC)c1cnn(C(C)C)c1. The maximum atomic E-state index is 11.6. The largest absolute Gasteiger partial charge is 0.466 e. The van der Waals surface area contributed by atoms with Crippen LogP contribution in [0.2, 0.25) is 0 Å². The van der Waals surface area contributed by atoms with Crippen molar-refractivity contribution in [2.24, 2.45) is 0 Å². The van der Waals surface area contributed by atoms with Crippen LogP contribution in [0.15, 0.2) is 12.4 Å². The van der Waals surface area contributed by atoms with E-state index in [4.69, 9.17) is 4.74 Å². The minimum atomic E-state index is -0.173. The maximum Gasteiger partial charge on any atom is 0.307 e. The van der Waals surface area contributed by atoms with E-state index in [0.29, 0.717) is 19.1 Å². The summed E-state index contributed by atoms with van der Waals surface area (Å²) in [6, 6.07) is 0.301. The van der Waals surface area contributed by atoms with Gasteiger partial charge in [0.2, 0.25) is 0 Å². The van der Waals surface area contributed by atoms with Gasteiger partial charge in [0.05, 0.1) is 19.2 Å². The predicted octanol–water partition coefficient (Wildman–Crippen LogP) is 2.46. The molecular formula is C14H25N3O2. The van der Waals surface area contributed by atoms with Crippen LogP contribution in [0.25, 0.3) is 0 Å². The second-order valence-electron chi connectivity index (χ2n) is 4.86. The summed E-state index contributed by atoms with van der Waals surface area (Å²) < 4.78 is 6.93. The summed E-state index contributed by atoms with van der Waals surface area (Å²) >= 11 is 0.